The van der Waals surface area contributed by atoms with Gasteiger partial charge in [0.2, 0.25) is 0 Å². The van der Waals surface area contributed by atoms with Crippen molar-refractivity contribution in [3.63, 3.8) is 0 Å². The minimum atomic E-state index is 0.0651. The van der Waals surface area contributed by atoms with Crippen LogP contribution >= 0.6 is 0 Å². The number of hydrogen-bond donors (Lipinski definition) is 0. The van der Waals surface area contributed by atoms with Crippen LogP contribution in [0.15, 0.2) is 24.8 Å². The van der Waals surface area contributed by atoms with Crippen LogP contribution in [0.25, 0.3) is 5.65 Å². The third-order valence-corrected chi connectivity index (χ3v) is 5.45. The van der Waals surface area contributed by atoms with Crippen LogP contribution in [-0.4, -0.2) is 47.5 Å². The smallest absolute Gasteiger partial charge is 0.259 e. The van der Waals surface area contributed by atoms with Gasteiger partial charge in [0.15, 0.2) is 5.65 Å². The van der Waals surface area contributed by atoms with E-state index in [1.807, 2.05) is 44.3 Å². The van der Waals surface area contributed by atoms with Crippen LogP contribution in [0.3, 0.4) is 0 Å². The zero-order chi connectivity index (χ0) is 19.0. The van der Waals surface area contributed by atoms with Gasteiger partial charge in [0.1, 0.15) is 5.56 Å². The maximum absolute atomic E-state index is 13.5. The number of fused-ring (bicyclic) bond motifs is 1. The average molecular weight is 366 g/mol. The van der Waals surface area contributed by atoms with Gasteiger partial charge in [-0.25, -0.2) is 14.5 Å². The van der Waals surface area contributed by atoms with E-state index in [2.05, 4.69) is 19.6 Å². The van der Waals surface area contributed by atoms with Crippen LogP contribution in [0.4, 0.5) is 0 Å². The van der Waals surface area contributed by atoms with Crippen molar-refractivity contribution in [1.82, 2.24) is 29.0 Å². The molecule has 0 saturated carbocycles. The molecule has 27 heavy (non-hydrogen) atoms. The number of rotatable bonds is 4. The standard InChI is InChI=1S/C20H26N6O/c1-14-12-15(2)26-19(22-14)18(16(3)23-26)20(27)25-9-5-4-6-17(25)7-10-24-11-8-21-13-24/h8,11-13,17H,4-7,9-10H2,1-3H3/t17-/m0/s1. The molecule has 4 heterocycles. The maximum Gasteiger partial charge on any atom is 0.259 e. The fourth-order valence-electron chi connectivity index (χ4n) is 4.11. The lowest BCUT2D eigenvalue weighted by Crippen LogP contribution is -2.44. The molecule has 1 aliphatic rings. The second kappa shape index (κ2) is 7.13. The number of aryl methyl sites for hydroxylation is 4. The van der Waals surface area contributed by atoms with Crippen molar-refractivity contribution in [3.8, 4) is 0 Å². The number of carbonyl (C=O) groups excluding carboxylic acids is 1. The van der Waals surface area contributed by atoms with Crippen molar-refractivity contribution in [2.75, 3.05) is 6.54 Å². The third kappa shape index (κ3) is 3.34. The van der Waals surface area contributed by atoms with E-state index in [-0.39, 0.29) is 11.9 Å². The lowest BCUT2D eigenvalue weighted by molar-refractivity contribution is 0.0596. The number of nitrogens with zero attached hydrogens (tertiary/aromatic N) is 6. The number of likely N-dealkylation sites (tertiary alicyclic amines) is 1. The lowest BCUT2D eigenvalue weighted by atomic mass is 9.98. The molecule has 3 aromatic heterocycles. The predicted molar refractivity (Wildman–Crippen MR) is 103 cm³/mol. The van der Waals surface area contributed by atoms with Gasteiger partial charge in [0.25, 0.3) is 5.91 Å². The average Bonchev–Trinajstić information content (AvgIpc) is 3.27. The lowest BCUT2D eigenvalue weighted by Gasteiger charge is -2.36. The highest BCUT2D eigenvalue weighted by atomic mass is 16.2. The monoisotopic (exact) mass is 366 g/mol. The Bertz CT molecular complexity index is 959. The molecule has 1 fully saturated rings. The van der Waals surface area contributed by atoms with Crippen LogP contribution in [-0.2, 0) is 6.54 Å². The van der Waals surface area contributed by atoms with Crippen molar-refractivity contribution >= 4 is 11.6 Å². The molecule has 1 amide bonds. The zero-order valence-electron chi connectivity index (χ0n) is 16.2. The molecule has 142 valence electrons. The second-order valence-electron chi connectivity index (χ2n) is 7.47. The minimum Gasteiger partial charge on any atom is -0.337 e. The first-order valence-electron chi connectivity index (χ1n) is 9.65. The van der Waals surface area contributed by atoms with Gasteiger partial charge in [0, 0.05) is 42.9 Å². The molecule has 7 heteroatoms. The van der Waals surface area contributed by atoms with Crippen LogP contribution in [0.1, 0.15) is 53.1 Å². The summed E-state index contributed by atoms with van der Waals surface area (Å²) in [6.45, 7) is 7.53. The van der Waals surface area contributed by atoms with Crippen LogP contribution < -0.4 is 0 Å². The normalized spacial score (nSPS) is 17.6. The summed E-state index contributed by atoms with van der Waals surface area (Å²) in [6, 6.07) is 2.23. The number of piperidine rings is 1. The quantitative estimate of drug-likeness (QED) is 0.712. The van der Waals surface area contributed by atoms with E-state index in [4.69, 9.17) is 0 Å². The minimum absolute atomic E-state index is 0.0651. The Hall–Kier alpha value is -2.70. The van der Waals surface area contributed by atoms with Crippen LogP contribution in [0.2, 0.25) is 0 Å². The number of imidazole rings is 1. The Balaban J connectivity index is 1.64. The third-order valence-electron chi connectivity index (χ3n) is 5.45. The van der Waals surface area contributed by atoms with Crippen LogP contribution in [0, 0.1) is 20.8 Å². The maximum atomic E-state index is 13.5. The Labute approximate surface area is 159 Å². The summed E-state index contributed by atoms with van der Waals surface area (Å²) >= 11 is 0. The number of hydrogen-bond acceptors (Lipinski definition) is 4. The summed E-state index contributed by atoms with van der Waals surface area (Å²) in [5.74, 6) is 0.0651. The van der Waals surface area contributed by atoms with Gasteiger partial charge in [-0.3, -0.25) is 4.79 Å². The van der Waals surface area contributed by atoms with Gasteiger partial charge >= 0.3 is 0 Å². The van der Waals surface area contributed by atoms with Gasteiger partial charge in [0.05, 0.1) is 12.0 Å². The molecule has 1 aliphatic heterocycles. The van der Waals surface area contributed by atoms with E-state index >= 15 is 0 Å². The number of carbonyl (C=O) groups is 1. The first-order chi connectivity index (χ1) is 13.0. The summed E-state index contributed by atoms with van der Waals surface area (Å²) in [5.41, 5.74) is 3.98. The van der Waals surface area contributed by atoms with Gasteiger partial charge in [-0.2, -0.15) is 5.10 Å². The molecule has 4 rings (SSSR count). The molecule has 0 bridgehead atoms. The van der Waals surface area contributed by atoms with E-state index in [0.29, 0.717) is 11.2 Å². The summed E-state index contributed by atoms with van der Waals surface area (Å²) in [7, 11) is 0. The molecular formula is C20H26N6O. The highest BCUT2D eigenvalue weighted by Gasteiger charge is 2.31. The highest BCUT2D eigenvalue weighted by molar-refractivity contribution is 6.01. The Morgan fingerprint density at radius 2 is 2.11 bits per heavy atom. The molecular weight excluding hydrogens is 340 g/mol. The van der Waals surface area contributed by atoms with Gasteiger partial charge < -0.3 is 9.47 Å². The van der Waals surface area contributed by atoms with Crippen molar-refractivity contribution in [2.24, 2.45) is 0 Å². The molecule has 0 aliphatic carbocycles. The number of aromatic nitrogens is 5. The molecule has 0 N–H and O–H groups in total. The Morgan fingerprint density at radius 3 is 2.89 bits per heavy atom. The van der Waals surface area contributed by atoms with E-state index < -0.39 is 0 Å². The van der Waals surface area contributed by atoms with Gasteiger partial charge in [-0.1, -0.05) is 0 Å². The summed E-state index contributed by atoms with van der Waals surface area (Å²) in [4.78, 5) is 24.3. The summed E-state index contributed by atoms with van der Waals surface area (Å²) in [5, 5.41) is 4.58. The molecule has 1 atom stereocenters. The summed E-state index contributed by atoms with van der Waals surface area (Å²) < 4.78 is 3.87. The molecule has 0 aromatic carbocycles. The van der Waals surface area contributed by atoms with E-state index in [9.17, 15) is 4.79 Å². The van der Waals surface area contributed by atoms with E-state index in [1.54, 1.807) is 10.7 Å². The molecule has 0 radical (unpaired) electrons. The molecule has 3 aromatic rings. The molecule has 1 saturated heterocycles. The fraction of sp³-hybridized carbons (Fsp3) is 0.500. The van der Waals surface area contributed by atoms with Crippen LogP contribution in [0.5, 0.6) is 0 Å². The van der Waals surface area contributed by atoms with Gasteiger partial charge in [-0.15, -0.1) is 0 Å². The second-order valence-corrected chi connectivity index (χ2v) is 7.47. The topological polar surface area (TPSA) is 68.3 Å². The molecule has 0 unspecified atom stereocenters. The fourth-order valence-corrected chi connectivity index (χ4v) is 4.11. The SMILES string of the molecule is Cc1cc(C)n2nc(C)c(C(=O)N3CCCC[C@H]3CCn3ccnc3)c2n1. The highest BCUT2D eigenvalue weighted by Crippen LogP contribution is 2.25. The zero-order valence-corrected chi connectivity index (χ0v) is 16.2. The molecule has 7 nitrogen and oxygen atoms in total. The first kappa shape index (κ1) is 17.7. The van der Waals surface area contributed by atoms with Crippen molar-refractivity contribution in [1.29, 1.82) is 0 Å². The van der Waals surface area contributed by atoms with Crippen molar-refractivity contribution < 1.29 is 4.79 Å². The first-order valence-corrected chi connectivity index (χ1v) is 9.65. The Morgan fingerprint density at radius 1 is 1.26 bits per heavy atom. The van der Waals surface area contributed by atoms with E-state index in [1.165, 1.54) is 6.42 Å². The van der Waals surface area contributed by atoms with E-state index in [0.717, 1.165) is 49.4 Å². The van der Waals surface area contributed by atoms with Crippen molar-refractivity contribution in [2.45, 2.75) is 59.0 Å². The van der Waals surface area contributed by atoms with Gasteiger partial charge in [-0.05, 0) is 52.5 Å². The predicted octanol–water partition coefficient (Wildman–Crippen LogP) is 2.94. The number of amides is 1. The Kier molecular flexibility index (Phi) is 4.68. The molecule has 0 spiro atoms. The largest absolute Gasteiger partial charge is 0.337 e. The summed E-state index contributed by atoms with van der Waals surface area (Å²) in [6.07, 6.45) is 9.80. The van der Waals surface area contributed by atoms with Crippen molar-refractivity contribution in [3.05, 3.63) is 47.4 Å².